The highest BCUT2D eigenvalue weighted by atomic mass is 127. The largest absolute Gasteiger partial charge is 0.480 e. The molecule has 17 heavy (non-hydrogen) atoms. The maximum Gasteiger partial charge on any atom is 0.267 e. The lowest BCUT2D eigenvalue weighted by molar-refractivity contribution is 0.379. The summed E-state index contributed by atoms with van der Waals surface area (Å²) in [6.07, 6.45) is 0. The highest BCUT2D eigenvalue weighted by Gasteiger charge is 2.01. The molecule has 2 aromatic rings. The minimum Gasteiger partial charge on any atom is -0.480 e. The first-order valence-electron chi connectivity index (χ1n) is 5.05. The number of methoxy groups -OCH3 is 1. The van der Waals surface area contributed by atoms with E-state index in [4.69, 9.17) is 4.74 Å². The fraction of sp³-hybridized carbons (Fsp3) is 0.167. The van der Waals surface area contributed by atoms with Crippen LogP contribution in [0.25, 0.3) is 0 Å². The van der Waals surface area contributed by atoms with E-state index in [-0.39, 0.29) is 5.56 Å². The molecule has 2 rings (SSSR count). The van der Waals surface area contributed by atoms with Crippen molar-refractivity contribution in [1.29, 1.82) is 0 Å². The first-order valence-corrected chi connectivity index (χ1v) is 6.13. The quantitative estimate of drug-likeness (QED) is 0.801. The van der Waals surface area contributed by atoms with Gasteiger partial charge >= 0.3 is 0 Å². The van der Waals surface area contributed by atoms with Crippen molar-refractivity contribution in [2.45, 2.75) is 6.54 Å². The third kappa shape index (κ3) is 3.06. The van der Waals surface area contributed by atoms with Crippen LogP contribution < -0.4 is 10.3 Å². The third-order valence-corrected chi connectivity index (χ3v) is 3.02. The van der Waals surface area contributed by atoms with E-state index >= 15 is 0 Å². The highest BCUT2D eigenvalue weighted by Crippen LogP contribution is 2.08. The Kier molecular flexibility index (Phi) is 3.78. The van der Waals surface area contributed by atoms with Crippen LogP contribution in [-0.2, 0) is 6.54 Å². The minimum absolute atomic E-state index is 0.135. The molecule has 0 saturated carbocycles. The van der Waals surface area contributed by atoms with Crippen molar-refractivity contribution in [2.75, 3.05) is 7.11 Å². The van der Waals surface area contributed by atoms with Crippen LogP contribution in [0.4, 0.5) is 0 Å². The van der Waals surface area contributed by atoms with E-state index < -0.39 is 0 Å². The highest BCUT2D eigenvalue weighted by molar-refractivity contribution is 14.1. The van der Waals surface area contributed by atoms with E-state index in [2.05, 4.69) is 27.7 Å². The molecular weight excluding hydrogens is 331 g/mol. The molecule has 0 atom stereocenters. The lowest BCUT2D eigenvalue weighted by Crippen LogP contribution is -2.22. The second-order valence-corrected chi connectivity index (χ2v) is 4.74. The van der Waals surface area contributed by atoms with Gasteiger partial charge in [-0.1, -0.05) is 12.1 Å². The summed E-state index contributed by atoms with van der Waals surface area (Å²) in [5.74, 6) is 0.440. The number of hydrogen-bond acceptors (Lipinski definition) is 3. The number of nitrogens with zero attached hydrogens (tertiary/aromatic N) is 2. The topological polar surface area (TPSA) is 44.1 Å². The second-order valence-electron chi connectivity index (χ2n) is 3.50. The molecule has 0 aliphatic rings. The molecular formula is C12H11IN2O2. The lowest BCUT2D eigenvalue weighted by Gasteiger charge is -2.06. The Labute approximate surface area is 112 Å². The predicted octanol–water partition coefficient (Wildman–Crippen LogP) is 1.90. The van der Waals surface area contributed by atoms with Crippen molar-refractivity contribution in [2.24, 2.45) is 0 Å². The Morgan fingerprint density at radius 2 is 1.94 bits per heavy atom. The maximum atomic E-state index is 11.6. The number of halogens is 1. The molecule has 4 nitrogen and oxygen atoms in total. The summed E-state index contributed by atoms with van der Waals surface area (Å²) in [4.78, 5) is 11.6. The van der Waals surface area contributed by atoms with E-state index in [1.807, 2.05) is 24.3 Å². The fourth-order valence-electron chi connectivity index (χ4n) is 1.42. The fourth-order valence-corrected chi connectivity index (χ4v) is 1.77. The summed E-state index contributed by atoms with van der Waals surface area (Å²) in [5, 5.41) is 4.09. The van der Waals surface area contributed by atoms with E-state index in [1.54, 1.807) is 6.07 Å². The van der Waals surface area contributed by atoms with Gasteiger partial charge in [0.15, 0.2) is 0 Å². The van der Waals surface area contributed by atoms with Gasteiger partial charge < -0.3 is 4.74 Å². The van der Waals surface area contributed by atoms with Gasteiger partial charge in [-0.2, -0.15) is 0 Å². The molecule has 0 aliphatic heterocycles. The molecule has 1 aromatic carbocycles. The van der Waals surface area contributed by atoms with Gasteiger partial charge in [-0.3, -0.25) is 4.79 Å². The monoisotopic (exact) mass is 342 g/mol. The van der Waals surface area contributed by atoms with Gasteiger partial charge in [-0.15, -0.1) is 5.10 Å². The summed E-state index contributed by atoms with van der Waals surface area (Å²) in [6.45, 7) is 0.451. The molecule has 0 unspecified atom stereocenters. The van der Waals surface area contributed by atoms with Crippen LogP contribution in [0.5, 0.6) is 5.88 Å². The number of aromatic nitrogens is 2. The maximum absolute atomic E-state index is 11.6. The molecule has 0 radical (unpaired) electrons. The zero-order valence-electron chi connectivity index (χ0n) is 9.26. The second kappa shape index (κ2) is 5.31. The summed E-state index contributed by atoms with van der Waals surface area (Å²) in [5.41, 5.74) is 0.901. The zero-order valence-corrected chi connectivity index (χ0v) is 11.4. The average Bonchev–Trinajstić information content (AvgIpc) is 2.35. The van der Waals surface area contributed by atoms with Crippen molar-refractivity contribution in [3.05, 3.63) is 55.9 Å². The Morgan fingerprint density at radius 3 is 2.59 bits per heavy atom. The van der Waals surface area contributed by atoms with Crippen LogP contribution in [0, 0.1) is 3.57 Å². The zero-order chi connectivity index (χ0) is 12.3. The molecule has 0 bridgehead atoms. The Bertz CT molecular complexity index is 563. The van der Waals surface area contributed by atoms with Gasteiger partial charge in [0.05, 0.1) is 13.7 Å². The van der Waals surface area contributed by atoms with Crippen LogP contribution in [0.3, 0.4) is 0 Å². The molecule has 0 aliphatic carbocycles. The molecule has 0 N–H and O–H groups in total. The van der Waals surface area contributed by atoms with Gasteiger partial charge in [0.1, 0.15) is 0 Å². The van der Waals surface area contributed by atoms with Gasteiger partial charge in [0.2, 0.25) is 5.88 Å². The number of benzene rings is 1. The summed E-state index contributed by atoms with van der Waals surface area (Å²) < 4.78 is 7.55. The van der Waals surface area contributed by atoms with Crippen molar-refractivity contribution < 1.29 is 4.74 Å². The number of ether oxygens (including phenoxy) is 1. The lowest BCUT2D eigenvalue weighted by atomic mass is 10.2. The number of hydrogen-bond donors (Lipinski definition) is 0. The molecule has 0 spiro atoms. The Balaban J connectivity index is 2.29. The molecule has 0 saturated heterocycles. The Morgan fingerprint density at radius 1 is 1.24 bits per heavy atom. The van der Waals surface area contributed by atoms with E-state index in [0.29, 0.717) is 12.4 Å². The first kappa shape index (κ1) is 12.1. The minimum atomic E-state index is -0.135. The standard InChI is InChI=1S/C12H11IN2O2/c1-17-11-6-7-12(16)15(14-11)8-9-2-4-10(13)5-3-9/h2-7H,8H2,1H3. The molecule has 0 amide bonds. The summed E-state index contributed by atoms with van der Waals surface area (Å²) >= 11 is 2.24. The summed E-state index contributed by atoms with van der Waals surface area (Å²) in [7, 11) is 1.53. The molecule has 88 valence electrons. The first-order chi connectivity index (χ1) is 8.19. The van der Waals surface area contributed by atoms with E-state index in [9.17, 15) is 4.79 Å². The van der Waals surface area contributed by atoms with Crippen LogP contribution in [-0.4, -0.2) is 16.9 Å². The van der Waals surface area contributed by atoms with Crippen LogP contribution in [0.1, 0.15) is 5.56 Å². The van der Waals surface area contributed by atoms with E-state index in [1.165, 1.54) is 17.9 Å². The summed E-state index contributed by atoms with van der Waals surface area (Å²) in [6, 6.07) is 11.0. The molecule has 1 heterocycles. The molecule has 5 heteroatoms. The van der Waals surface area contributed by atoms with Gasteiger partial charge in [0.25, 0.3) is 5.56 Å². The van der Waals surface area contributed by atoms with Gasteiger partial charge in [0, 0.05) is 15.7 Å². The van der Waals surface area contributed by atoms with Crippen molar-refractivity contribution in [3.8, 4) is 5.88 Å². The van der Waals surface area contributed by atoms with Gasteiger partial charge in [-0.25, -0.2) is 4.68 Å². The predicted molar refractivity (Wildman–Crippen MR) is 73.3 cm³/mol. The van der Waals surface area contributed by atoms with Crippen molar-refractivity contribution in [1.82, 2.24) is 9.78 Å². The molecule has 1 aromatic heterocycles. The molecule has 0 fully saturated rings. The van der Waals surface area contributed by atoms with Crippen LogP contribution >= 0.6 is 22.6 Å². The van der Waals surface area contributed by atoms with E-state index in [0.717, 1.165) is 9.13 Å². The van der Waals surface area contributed by atoms with Crippen LogP contribution in [0.2, 0.25) is 0 Å². The third-order valence-electron chi connectivity index (χ3n) is 2.30. The SMILES string of the molecule is COc1ccc(=O)n(Cc2ccc(I)cc2)n1. The van der Waals surface area contributed by atoms with Gasteiger partial charge in [-0.05, 0) is 40.3 Å². The van der Waals surface area contributed by atoms with Crippen molar-refractivity contribution in [3.63, 3.8) is 0 Å². The van der Waals surface area contributed by atoms with Crippen LogP contribution in [0.15, 0.2) is 41.2 Å². The van der Waals surface area contributed by atoms with Crippen molar-refractivity contribution >= 4 is 22.6 Å². The number of rotatable bonds is 3. The smallest absolute Gasteiger partial charge is 0.267 e. The Hall–Kier alpha value is -1.37. The normalized spacial score (nSPS) is 10.2. The average molecular weight is 342 g/mol.